The molecule has 0 spiro atoms. The number of benzene rings is 2. The third-order valence-corrected chi connectivity index (χ3v) is 4.09. The average Bonchev–Trinajstić information content (AvgIpc) is 3.03. The van der Waals surface area contributed by atoms with Crippen LogP contribution in [0.3, 0.4) is 0 Å². The molecule has 0 saturated carbocycles. The molecule has 24 heavy (non-hydrogen) atoms. The van der Waals surface area contributed by atoms with Crippen LogP contribution in [-0.2, 0) is 11.2 Å². The lowest BCUT2D eigenvalue weighted by molar-refractivity contribution is 0.0694. The second-order valence-electron chi connectivity index (χ2n) is 5.91. The van der Waals surface area contributed by atoms with Gasteiger partial charge in [0, 0.05) is 18.5 Å². The maximum Gasteiger partial charge on any atom is 0.335 e. The van der Waals surface area contributed by atoms with Gasteiger partial charge in [-0.2, -0.15) is 0 Å². The molecule has 0 aromatic heterocycles. The molecule has 0 radical (unpaired) electrons. The highest BCUT2D eigenvalue weighted by Crippen LogP contribution is 2.39. The number of aromatic carboxylic acids is 1. The number of carboxylic acid groups (broad SMARTS) is 1. The molecule has 1 aliphatic rings. The van der Waals surface area contributed by atoms with Crippen molar-refractivity contribution < 1.29 is 19.4 Å². The van der Waals surface area contributed by atoms with Crippen molar-refractivity contribution in [2.75, 3.05) is 19.8 Å². The normalized spacial score (nSPS) is 14.1. The Morgan fingerprint density at radius 1 is 1.38 bits per heavy atom. The maximum absolute atomic E-state index is 11.5. The fourth-order valence-electron chi connectivity index (χ4n) is 3.04. The summed E-state index contributed by atoms with van der Waals surface area (Å²) in [7, 11) is 0. The van der Waals surface area contributed by atoms with E-state index in [0.717, 1.165) is 28.0 Å². The minimum absolute atomic E-state index is 0.253. The van der Waals surface area contributed by atoms with Crippen LogP contribution in [0.5, 0.6) is 5.75 Å². The van der Waals surface area contributed by atoms with Crippen LogP contribution in [0.1, 0.15) is 38.7 Å². The summed E-state index contributed by atoms with van der Waals surface area (Å²) in [5, 5.41) is 9.41. The van der Waals surface area contributed by atoms with Crippen LogP contribution in [0.4, 0.5) is 0 Å². The van der Waals surface area contributed by atoms with E-state index >= 15 is 0 Å². The van der Waals surface area contributed by atoms with Crippen molar-refractivity contribution in [1.82, 2.24) is 0 Å². The summed E-state index contributed by atoms with van der Waals surface area (Å²) in [6, 6.07) is 11.3. The lowest BCUT2D eigenvalue weighted by atomic mass is 9.94. The summed E-state index contributed by atoms with van der Waals surface area (Å²) < 4.78 is 11.8. The molecule has 5 nitrogen and oxygen atoms in total. The van der Waals surface area contributed by atoms with Gasteiger partial charge in [0.15, 0.2) is 0 Å². The fraction of sp³-hybridized carbons (Fsp3) is 0.316. The Balaban J connectivity index is 2.12. The van der Waals surface area contributed by atoms with Gasteiger partial charge in [0.2, 0.25) is 0 Å². The number of rotatable bonds is 6. The lowest BCUT2D eigenvalue weighted by Gasteiger charge is -2.22. The Bertz CT molecular complexity index is 757. The van der Waals surface area contributed by atoms with Crippen molar-refractivity contribution in [2.45, 2.75) is 19.4 Å². The van der Waals surface area contributed by atoms with E-state index < -0.39 is 12.1 Å². The lowest BCUT2D eigenvalue weighted by Crippen LogP contribution is -2.15. The van der Waals surface area contributed by atoms with Crippen molar-refractivity contribution in [3.63, 3.8) is 0 Å². The second-order valence-corrected chi connectivity index (χ2v) is 5.91. The topological polar surface area (TPSA) is 81.8 Å². The number of aryl methyl sites for hydroxylation is 1. The fourth-order valence-corrected chi connectivity index (χ4v) is 3.04. The molecular weight excluding hydrogens is 306 g/mol. The molecular formula is C19H21NO4. The molecule has 5 heteroatoms. The van der Waals surface area contributed by atoms with Crippen molar-refractivity contribution in [3.8, 4) is 5.75 Å². The maximum atomic E-state index is 11.5. The minimum Gasteiger partial charge on any atom is -0.493 e. The van der Waals surface area contributed by atoms with Crippen LogP contribution in [0.25, 0.3) is 0 Å². The zero-order valence-corrected chi connectivity index (χ0v) is 13.6. The van der Waals surface area contributed by atoms with E-state index in [9.17, 15) is 9.90 Å². The highest BCUT2D eigenvalue weighted by atomic mass is 16.5. The van der Waals surface area contributed by atoms with Crippen LogP contribution in [0.15, 0.2) is 36.4 Å². The molecule has 3 rings (SSSR count). The molecule has 1 aliphatic heterocycles. The highest BCUT2D eigenvalue weighted by molar-refractivity contribution is 5.88. The SMILES string of the molecule is Cc1cccc(C(OCCN)c2cc(C(=O)O)cc3c2OCC3)c1. The summed E-state index contributed by atoms with van der Waals surface area (Å²) >= 11 is 0. The second kappa shape index (κ2) is 7.03. The van der Waals surface area contributed by atoms with E-state index in [4.69, 9.17) is 15.2 Å². The number of fused-ring (bicyclic) bond motifs is 1. The van der Waals surface area contributed by atoms with Crippen molar-refractivity contribution in [1.29, 1.82) is 0 Å². The van der Waals surface area contributed by atoms with Crippen molar-refractivity contribution in [3.05, 3.63) is 64.2 Å². The molecule has 3 N–H and O–H groups in total. The number of hydrogen-bond acceptors (Lipinski definition) is 4. The van der Waals surface area contributed by atoms with Crippen molar-refractivity contribution in [2.24, 2.45) is 5.73 Å². The molecule has 1 atom stereocenters. The quantitative estimate of drug-likeness (QED) is 0.852. The summed E-state index contributed by atoms with van der Waals surface area (Å²) in [6.07, 6.45) is 0.306. The third kappa shape index (κ3) is 3.27. The first kappa shape index (κ1) is 16.5. The largest absolute Gasteiger partial charge is 0.493 e. The standard InChI is InChI=1S/C19H21NO4/c1-12-3-2-4-13(9-12)17(24-8-6-20)16-11-15(19(21)22)10-14-5-7-23-18(14)16/h2-4,9-11,17H,5-8,20H2,1H3,(H,21,22). The highest BCUT2D eigenvalue weighted by Gasteiger charge is 2.26. The van der Waals surface area contributed by atoms with E-state index in [1.807, 2.05) is 31.2 Å². The Labute approximate surface area is 141 Å². The van der Waals surface area contributed by atoms with Crippen LogP contribution >= 0.6 is 0 Å². The van der Waals surface area contributed by atoms with E-state index in [1.54, 1.807) is 12.1 Å². The van der Waals surface area contributed by atoms with Crippen LogP contribution in [-0.4, -0.2) is 30.8 Å². The molecule has 2 aromatic rings. The van der Waals surface area contributed by atoms with E-state index in [0.29, 0.717) is 26.2 Å². The summed E-state index contributed by atoms with van der Waals surface area (Å²) in [5.74, 6) is -0.212. The zero-order valence-electron chi connectivity index (χ0n) is 13.6. The van der Waals surface area contributed by atoms with E-state index in [-0.39, 0.29) is 5.56 Å². The molecule has 0 amide bonds. The Morgan fingerprint density at radius 2 is 2.21 bits per heavy atom. The molecule has 0 fully saturated rings. The van der Waals surface area contributed by atoms with Gasteiger partial charge in [-0.05, 0) is 30.2 Å². The van der Waals surface area contributed by atoms with Gasteiger partial charge in [0.1, 0.15) is 11.9 Å². The Hall–Kier alpha value is -2.37. The first-order chi connectivity index (χ1) is 11.6. The van der Waals surface area contributed by atoms with Gasteiger partial charge >= 0.3 is 5.97 Å². The Morgan fingerprint density at radius 3 is 2.92 bits per heavy atom. The predicted octanol–water partition coefficient (Wildman–Crippen LogP) is 2.69. The minimum atomic E-state index is -0.951. The van der Waals surface area contributed by atoms with Gasteiger partial charge in [-0.15, -0.1) is 0 Å². The first-order valence-electron chi connectivity index (χ1n) is 8.01. The molecule has 2 aromatic carbocycles. The van der Waals surface area contributed by atoms with Gasteiger partial charge in [-0.25, -0.2) is 4.79 Å². The molecule has 126 valence electrons. The number of hydrogen-bond donors (Lipinski definition) is 2. The third-order valence-electron chi connectivity index (χ3n) is 4.09. The Kier molecular flexibility index (Phi) is 4.83. The summed E-state index contributed by atoms with van der Waals surface area (Å²) in [5.41, 5.74) is 9.60. The zero-order chi connectivity index (χ0) is 17.1. The van der Waals surface area contributed by atoms with Gasteiger partial charge in [-0.1, -0.05) is 29.8 Å². The predicted molar refractivity (Wildman–Crippen MR) is 90.6 cm³/mol. The summed E-state index contributed by atoms with van der Waals surface area (Å²) in [6.45, 7) is 3.34. The average molecular weight is 327 g/mol. The van der Waals surface area contributed by atoms with Gasteiger partial charge in [0.05, 0.1) is 18.8 Å². The van der Waals surface area contributed by atoms with Crippen LogP contribution in [0, 0.1) is 6.92 Å². The monoisotopic (exact) mass is 327 g/mol. The first-order valence-corrected chi connectivity index (χ1v) is 8.01. The van der Waals surface area contributed by atoms with Crippen molar-refractivity contribution >= 4 is 5.97 Å². The number of ether oxygens (including phenoxy) is 2. The number of carbonyl (C=O) groups is 1. The molecule has 0 bridgehead atoms. The smallest absolute Gasteiger partial charge is 0.335 e. The van der Waals surface area contributed by atoms with Crippen LogP contribution < -0.4 is 10.5 Å². The number of nitrogens with two attached hydrogens (primary N) is 1. The van der Waals surface area contributed by atoms with Gasteiger partial charge in [0.25, 0.3) is 0 Å². The van der Waals surface area contributed by atoms with E-state index in [2.05, 4.69) is 0 Å². The molecule has 1 heterocycles. The van der Waals surface area contributed by atoms with Crippen LogP contribution in [0.2, 0.25) is 0 Å². The molecule has 1 unspecified atom stereocenters. The van der Waals surface area contributed by atoms with E-state index in [1.165, 1.54) is 0 Å². The number of carboxylic acids is 1. The molecule has 0 aliphatic carbocycles. The summed E-state index contributed by atoms with van der Waals surface area (Å²) in [4.78, 5) is 11.5. The van der Waals surface area contributed by atoms with Gasteiger partial charge in [-0.3, -0.25) is 0 Å². The molecule has 0 saturated heterocycles. The van der Waals surface area contributed by atoms with Gasteiger partial charge < -0.3 is 20.3 Å².